The van der Waals surface area contributed by atoms with E-state index >= 15 is 0 Å². The van der Waals surface area contributed by atoms with Crippen molar-refractivity contribution in [2.75, 3.05) is 5.32 Å². The maximum Gasteiger partial charge on any atom is 0.0696 e. The Labute approximate surface area is 64.1 Å². The topological polar surface area (TPSA) is 12.0 Å². The van der Waals surface area contributed by atoms with E-state index < -0.39 is 0 Å². The Morgan fingerprint density at radius 3 is 3.10 bits per heavy atom. The van der Waals surface area contributed by atoms with Crippen LogP contribution in [0.5, 0.6) is 0 Å². The number of benzene rings is 1. The third kappa shape index (κ3) is 0.907. The van der Waals surface area contributed by atoms with E-state index in [1.165, 1.54) is 4.90 Å². The van der Waals surface area contributed by atoms with Crippen molar-refractivity contribution in [3.05, 3.63) is 35.9 Å². The first kappa shape index (κ1) is 5.86. The van der Waals surface area contributed by atoms with Crippen LogP contribution < -0.4 is 5.32 Å². The minimum atomic E-state index is 1.15. The van der Waals surface area contributed by atoms with Gasteiger partial charge in [0, 0.05) is 10.3 Å². The highest BCUT2D eigenvalue weighted by molar-refractivity contribution is 8.02. The van der Waals surface area contributed by atoms with Gasteiger partial charge in [-0.25, -0.2) is 0 Å². The lowest BCUT2D eigenvalue weighted by Crippen LogP contribution is -1.92. The van der Waals surface area contributed by atoms with Crippen LogP contribution in [0, 0.1) is 6.20 Å². The number of rotatable bonds is 0. The molecule has 2 heteroatoms. The molecule has 1 aromatic carbocycles. The maximum absolute atomic E-state index is 3.04. The molecule has 0 aromatic heterocycles. The van der Waals surface area contributed by atoms with E-state index in [1.807, 2.05) is 23.6 Å². The average Bonchev–Trinajstić information content (AvgIpc) is 2.05. The molecule has 1 N–H and O–H groups in total. The predicted molar refractivity (Wildman–Crippen MR) is 43.7 cm³/mol. The van der Waals surface area contributed by atoms with Crippen LogP contribution in [0.1, 0.15) is 0 Å². The molecule has 2 rings (SSSR count). The molecule has 49 valence electrons. The highest BCUT2D eigenvalue weighted by atomic mass is 32.2. The zero-order chi connectivity index (χ0) is 6.81. The number of fused-ring (bicyclic) bond motifs is 1. The standard InChI is InChI=1S/C8H6NS/c1-2-4-8-7(3-1)9-5-6-10-8/h1-4,6,9H. The van der Waals surface area contributed by atoms with Gasteiger partial charge in [-0.2, -0.15) is 0 Å². The molecule has 0 bridgehead atoms. The molecule has 0 saturated heterocycles. The molecule has 0 atom stereocenters. The summed E-state index contributed by atoms with van der Waals surface area (Å²) in [6.45, 7) is 0. The maximum atomic E-state index is 3.04. The quantitative estimate of drug-likeness (QED) is 0.606. The minimum Gasteiger partial charge on any atom is -0.352 e. The van der Waals surface area contributed by atoms with Crippen molar-refractivity contribution >= 4 is 17.4 Å². The van der Waals surface area contributed by atoms with Gasteiger partial charge in [0.25, 0.3) is 0 Å². The molecule has 1 aliphatic heterocycles. The van der Waals surface area contributed by atoms with Crippen molar-refractivity contribution in [1.29, 1.82) is 0 Å². The molecule has 0 fully saturated rings. The van der Waals surface area contributed by atoms with Gasteiger partial charge in [-0.1, -0.05) is 23.9 Å². The predicted octanol–water partition coefficient (Wildman–Crippen LogP) is 2.48. The third-order valence-electron chi connectivity index (χ3n) is 1.34. The van der Waals surface area contributed by atoms with Gasteiger partial charge in [-0.15, -0.1) is 0 Å². The van der Waals surface area contributed by atoms with Crippen LogP contribution >= 0.6 is 11.8 Å². The molecule has 1 nitrogen and oxygen atoms in total. The fourth-order valence-corrected chi connectivity index (χ4v) is 1.52. The van der Waals surface area contributed by atoms with Crippen LogP contribution in [0.3, 0.4) is 0 Å². The summed E-state index contributed by atoms with van der Waals surface area (Å²) in [5.41, 5.74) is 1.15. The Balaban J connectivity index is 2.47. The first-order valence-corrected chi connectivity index (χ1v) is 3.94. The minimum absolute atomic E-state index is 1.15. The van der Waals surface area contributed by atoms with Crippen LogP contribution in [0.2, 0.25) is 0 Å². The van der Waals surface area contributed by atoms with Gasteiger partial charge >= 0.3 is 0 Å². The summed E-state index contributed by atoms with van der Waals surface area (Å²) >= 11 is 1.69. The summed E-state index contributed by atoms with van der Waals surface area (Å²) < 4.78 is 0. The first-order valence-electron chi connectivity index (χ1n) is 3.06. The number of thioether (sulfide) groups is 1. The Hall–Kier alpha value is -0.890. The fraction of sp³-hybridized carbons (Fsp3) is 0. The Bertz CT molecular complexity index is 241. The van der Waals surface area contributed by atoms with Crippen molar-refractivity contribution < 1.29 is 0 Å². The fourth-order valence-electron chi connectivity index (χ4n) is 0.873. The van der Waals surface area contributed by atoms with Gasteiger partial charge < -0.3 is 5.32 Å². The molecule has 1 aromatic rings. The number of para-hydroxylation sites is 1. The normalized spacial score (nSPS) is 14.0. The van der Waals surface area contributed by atoms with Crippen LogP contribution in [-0.2, 0) is 0 Å². The van der Waals surface area contributed by atoms with Crippen LogP contribution in [0.15, 0.2) is 34.6 Å². The number of hydrogen-bond acceptors (Lipinski definition) is 2. The Kier molecular flexibility index (Phi) is 1.40. The number of hydrogen-bond donors (Lipinski definition) is 1. The zero-order valence-corrected chi connectivity index (χ0v) is 6.11. The van der Waals surface area contributed by atoms with Gasteiger partial charge in [0.15, 0.2) is 0 Å². The second-order valence-electron chi connectivity index (χ2n) is 2.00. The Morgan fingerprint density at radius 2 is 2.20 bits per heavy atom. The average molecular weight is 148 g/mol. The summed E-state index contributed by atoms with van der Waals surface area (Å²) in [6.07, 6.45) is 2.93. The van der Waals surface area contributed by atoms with Gasteiger partial charge in [-0.3, -0.25) is 0 Å². The van der Waals surface area contributed by atoms with Crippen molar-refractivity contribution in [2.24, 2.45) is 0 Å². The van der Waals surface area contributed by atoms with E-state index in [-0.39, 0.29) is 0 Å². The lowest BCUT2D eigenvalue weighted by Gasteiger charge is -2.09. The van der Waals surface area contributed by atoms with Crippen molar-refractivity contribution in [1.82, 2.24) is 0 Å². The van der Waals surface area contributed by atoms with E-state index in [1.54, 1.807) is 11.8 Å². The lowest BCUT2D eigenvalue weighted by atomic mass is 10.3. The van der Waals surface area contributed by atoms with Crippen LogP contribution in [0.4, 0.5) is 5.69 Å². The second-order valence-corrected chi connectivity index (χ2v) is 2.91. The smallest absolute Gasteiger partial charge is 0.0696 e. The third-order valence-corrected chi connectivity index (χ3v) is 2.18. The molecule has 0 saturated carbocycles. The van der Waals surface area contributed by atoms with Gasteiger partial charge in [0.2, 0.25) is 0 Å². The molecule has 1 radical (unpaired) electrons. The van der Waals surface area contributed by atoms with E-state index in [9.17, 15) is 0 Å². The summed E-state index contributed by atoms with van der Waals surface area (Å²) in [6, 6.07) is 8.18. The Morgan fingerprint density at radius 1 is 1.30 bits per heavy atom. The zero-order valence-electron chi connectivity index (χ0n) is 5.29. The van der Waals surface area contributed by atoms with Crippen LogP contribution in [-0.4, -0.2) is 0 Å². The van der Waals surface area contributed by atoms with E-state index in [0.29, 0.717) is 0 Å². The van der Waals surface area contributed by atoms with Crippen molar-refractivity contribution in [3.63, 3.8) is 0 Å². The highest BCUT2D eigenvalue weighted by Gasteiger charge is 2.01. The summed E-state index contributed by atoms with van der Waals surface area (Å²) in [5, 5.41) is 4.96. The number of nitrogens with one attached hydrogen (secondary N) is 1. The van der Waals surface area contributed by atoms with Crippen molar-refractivity contribution in [2.45, 2.75) is 4.90 Å². The first-order chi connectivity index (χ1) is 4.97. The van der Waals surface area contributed by atoms with Gasteiger partial charge in [0.1, 0.15) is 0 Å². The lowest BCUT2D eigenvalue weighted by molar-refractivity contribution is 1.39. The van der Waals surface area contributed by atoms with E-state index in [0.717, 1.165) is 5.69 Å². The second kappa shape index (κ2) is 2.39. The molecule has 0 aliphatic carbocycles. The molecule has 10 heavy (non-hydrogen) atoms. The SMILES string of the molecule is [C]1=CSc2ccccc2N1. The summed E-state index contributed by atoms with van der Waals surface area (Å²) in [4.78, 5) is 1.27. The van der Waals surface area contributed by atoms with Gasteiger partial charge in [0.05, 0.1) is 11.9 Å². The largest absolute Gasteiger partial charge is 0.352 e. The van der Waals surface area contributed by atoms with Crippen molar-refractivity contribution in [3.8, 4) is 0 Å². The molecule has 0 unspecified atom stereocenters. The summed E-state index contributed by atoms with van der Waals surface area (Å²) in [5.74, 6) is 0. The molecule has 1 heterocycles. The molecular formula is C8H6NS. The van der Waals surface area contributed by atoms with E-state index in [4.69, 9.17) is 0 Å². The molecular weight excluding hydrogens is 142 g/mol. The summed E-state index contributed by atoms with van der Waals surface area (Å²) in [7, 11) is 0. The van der Waals surface area contributed by atoms with E-state index in [2.05, 4.69) is 17.6 Å². The highest BCUT2D eigenvalue weighted by Crippen LogP contribution is 2.30. The monoisotopic (exact) mass is 148 g/mol. The number of anilines is 1. The van der Waals surface area contributed by atoms with Crippen LogP contribution in [0.25, 0.3) is 0 Å². The molecule has 0 amide bonds. The molecule has 1 aliphatic rings. The molecule has 0 spiro atoms. The van der Waals surface area contributed by atoms with Gasteiger partial charge in [-0.05, 0) is 12.1 Å².